The number of pyridine rings is 1. The number of imidazole rings is 1. The fourth-order valence-electron chi connectivity index (χ4n) is 8.90. The third kappa shape index (κ3) is 9.38. The number of hydrogen-bond acceptors (Lipinski definition) is 7. The fraction of sp³-hybridized carbons (Fsp3) is 0.312. The van der Waals surface area contributed by atoms with Gasteiger partial charge in [-0.15, -0.1) is 0 Å². The van der Waals surface area contributed by atoms with Gasteiger partial charge in [0.25, 0.3) is 23.7 Å². The lowest BCUT2D eigenvalue weighted by Gasteiger charge is -2.40. The van der Waals surface area contributed by atoms with Crippen molar-refractivity contribution in [2.45, 2.75) is 63.2 Å². The number of carbonyl (C=O) groups is 4. The summed E-state index contributed by atoms with van der Waals surface area (Å²) in [6.07, 6.45) is 1.21. The standard InChI is InChI=1S/C35H29F3N6O4.C13H14ClF2NO2/c36-23-14-22-17-43(34(47)42-11-9-35(37,38)27(19-42)48-20-21-6-2-1-3-7-21)13-12-41-18-25(24(15-23)31(22)41)29-30(33(46)40-32(29)45)26-16-39-28-8-4-5-10-44(26)28;14-12(18)17-7-6-13(15,16)11(8-17)19-9-10-4-2-1-3-5-10/h1-8,10,14-16,18,27H,9,11-13,17,19-20H2,(H,40,45,46);1-5,11H,6-9H2. The van der Waals surface area contributed by atoms with E-state index in [1.165, 1.54) is 33.0 Å². The molecule has 0 bridgehead atoms. The van der Waals surface area contributed by atoms with Crippen LogP contribution in [0.25, 0.3) is 27.7 Å². The molecule has 0 spiro atoms. The van der Waals surface area contributed by atoms with Crippen molar-refractivity contribution in [3.63, 3.8) is 0 Å². The van der Waals surface area contributed by atoms with Gasteiger partial charge in [0.05, 0.1) is 54.9 Å². The highest BCUT2D eigenvalue weighted by Gasteiger charge is 2.48. The summed E-state index contributed by atoms with van der Waals surface area (Å²) < 4.78 is 86.9. The van der Waals surface area contributed by atoms with Crippen molar-refractivity contribution in [2.75, 3.05) is 32.7 Å². The van der Waals surface area contributed by atoms with E-state index < -0.39 is 65.9 Å². The summed E-state index contributed by atoms with van der Waals surface area (Å²) in [7, 11) is 0. The van der Waals surface area contributed by atoms with E-state index in [0.717, 1.165) is 11.1 Å². The molecule has 0 saturated carbocycles. The number of likely N-dealkylation sites (tertiary alicyclic amines) is 2. The van der Waals surface area contributed by atoms with E-state index in [0.29, 0.717) is 33.4 Å². The number of nitrogens with zero attached hydrogens (tertiary/aromatic N) is 6. The normalized spacial score (nSPS) is 20.2. The number of aromatic nitrogens is 3. The molecule has 2 atom stereocenters. The highest BCUT2D eigenvalue weighted by atomic mass is 35.5. The van der Waals surface area contributed by atoms with E-state index in [1.807, 2.05) is 34.9 Å². The lowest BCUT2D eigenvalue weighted by atomic mass is 9.98. The molecule has 2 unspecified atom stereocenters. The molecule has 0 aliphatic carbocycles. The molecule has 3 aromatic carbocycles. The van der Waals surface area contributed by atoms with Gasteiger partial charge in [-0.25, -0.2) is 31.7 Å². The molecule has 6 aromatic rings. The van der Waals surface area contributed by atoms with Gasteiger partial charge in [0.1, 0.15) is 23.7 Å². The second kappa shape index (κ2) is 18.6. The molecule has 7 heterocycles. The third-order valence-electron chi connectivity index (χ3n) is 12.4. The molecule has 5 amide bonds. The van der Waals surface area contributed by atoms with Gasteiger partial charge >= 0.3 is 11.4 Å². The Hall–Kier alpha value is -6.63. The molecule has 10 rings (SSSR count). The number of imide groups is 1. The van der Waals surface area contributed by atoms with Crippen LogP contribution in [-0.2, 0) is 45.4 Å². The smallest absolute Gasteiger partial charge is 0.320 e. The van der Waals surface area contributed by atoms with Crippen LogP contribution < -0.4 is 5.32 Å². The number of benzene rings is 3. The summed E-state index contributed by atoms with van der Waals surface area (Å²) in [6, 6.07) is 25.6. The number of ether oxygens (including phenoxy) is 2. The van der Waals surface area contributed by atoms with Crippen LogP contribution in [0.1, 0.15) is 40.8 Å². The van der Waals surface area contributed by atoms with Crippen LogP contribution in [0.2, 0.25) is 0 Å². The zero-order chi connectivity index (χ0) is 47.0. The number of nitrogens with one attached hydrogen (secondary N) is 1. The average Bonchev–Trinajstić information content (AvgIpc) is 3.94. The molecule has 348 valence electrons. The highest BCUT2D eigenvalue weighted by molar-refractivity contribution is 6.62. The molecule has 3 aromatic heterocycles. The van der Waals surface area contributed by atoms with Crippen LogP contribution in [-0.4, -0.2) is 109 Å². The Bertz CT molecular complexity index is 2890. The largest absolute Gasteiger partial charge is 0.365 e. The highest BCUT2D eigenvalue weighted by Crippen LogP contribution is 2.39. The van der Waals surface area contributed by atoms with E-state index in [-0.39, 0.29) is 70.2 Å². The molecular formula is C48H43ClF5N7O6. The Morgan fingerprint density at radius 3 is 1.99 bits per heavy atom. The summed E-state index contributed by atoms with van der Waals surface area (Å²) in [5.74, 6) is -7.80. The van der Waals surface area contributed by atoms with Crippen molar-refractivity contribution in [1.82, 2.24) is 34.0 Å². The average molecular weight is 944 g/mol. The van der Waals surface area contributed by atoms with Gasteiger partial charge in [-0.05, 0) is 52.6 Å². The topological polar surface area (TPSA) is 131 Å². The first-order valence-corrected chi connectivity index (χ1v) is 21.9. The number of urea groups is 1. The van der Waals surface area contributed by atoms with Gasteiger partial charge in [-0.2, -0.15) is 0 Å². The minimum absolute atomic E-state index is 0.00901. The number of piperidine rings is 2. The second-order valence-electron chi connectivity index (χ2n) is 16.7. The maximum atomic E-state index is 15.3. The molecule has 67 heavy (non-hydrogen) atoms. The molecular weight excluding hydrogens is 901 g/mol. The molecule has 2 saturated heterocycles. The molecule has 4 aliphatic heterocycles. The van der Waals surface area contributed by atoms with Crippen molar-refractivity contribution in [3.8, 4) is 0 Å². The molecule has 13 nitrogen and oxygen atoms in total. The minimum atomic E-state index is -3.10. The monoisotopic (exact) mass is 943 g/mol. The zero-order valence-corrected chi connectivity index (χ0v) is 36.5. The Morgan fingerprint density at radius 1 is 0.746 bits per heavy atom. The first kappa shape index (κ1) is 45.5. The van der Waals surface area contributed by atoms with Crippen molar-refractivity contribution in [2.24, 2.45) is 0 Å². The summed E-state index contributed by atoms with van der Waals surface area (Å²) in [5.41, 5.74) is 4.30. The Morgan fingerprint density at radius 2 is 1.34 bits per heavy atom. The molecule has 0 radical (unpaired) electrons. The summed E-state index contributed by atoms with van der Waals surface area (Å²) in [6.45, 7) is -0.0700. The number of halogens is 6. The van der Waals surface area contributed by atoms with Gasteiger partial charge in [0, 0.05) is 68.9 Å². The maximum Gasteiger partial charge on any atom is 0.320 e. The van der Waals surface area contributed by atoms with E-state index >= 15 is 4.39 Å². The lowest BCUT2D eigenvalue weighted by Crippen LogP contribution is -2.56. The Balaban J connectivity index is 0.000000248. The molecule has 4 aliphatic rings. The predicted octanol–water partition coefficient (Wildman–Crippen LogP) is 8.13. The van der Waals surface area contributed by atoms with Crippen molar-refractivity contribution in [3.05, 3.63) is 143 Å². The number of hydrogen-bond donors (Lipinski definition) is 1. The predicted molar refractivity (Wildman–Crippen MR) is 236 cm³/mol. The SMILES string of the molecule is O=C(Cl)N1CCC(F)(F)C(OCc2ccccc2)C1.O=C1NC(=O)C(c2cnc3ccccn23)=C1c1cn2c3c(cc(F)cc13)CN(C(=O)N1CCC(F)(F)C(OCc3ccccc3)C1)CC2. The van der Waals surface area contributed by atoms with Crippen LogP contribution >= 0.6 is 11.6 Å². The summed E-state index contributed by atoms with van der Waals surface area (Å²) in [5, 5.41) is 2.08. The van der Waals surface area contributed by atoms with Gasteiger partial charge in [-0.1, -0.05) is 66.7 Å². The van der Waals surface area contributed by atoms with E-state index in [1.54, 1.807) is 65.3 Å². The molecule has 19 heteroatoms. The second-order valence-corrected chi connectivity index (χ2v) is 17.1. The fourth-order valence-corrected chi connectivity index (χ4v) is 9.05. The number of fused-ring (bicyclic) bond motifs is 1. The van der Waals surface area contributed by atoms with Crippen molar-refractivity contribution in [1.29, 1.82) is 0 Å². The number of rotatable bonds is 8. The van der Waals surface area contributed by atoms with Crippen LogP contribution in [0.5, 0.6) is 0 Å². The first-order valence-electron chi connectivity index (χ1n) is 21.6. The van der Waals surface area contributed by atoms with Gasteiger partial charge < -0.3 is 28.7 Å². The third-order valence-corrected chi connectivity index (χ3v) is 12.6. The van der Waals surface area contributed by atoms with Crippen LogP contribution in [0.4, 0.5) is 31.5 Å². The van der Waals surface area contributed by atoms with E-state index in [2.05, 4.69) is 10.3 Å². The maximum absolute atomic E-state index is 15.3. The first-order chi connectivity index (χ1) is 32.2. The van der Waals surface area contributed by atoms with Crippen molar-refractivity contribution >= 4 is 62.5 Å². The molecule has 2 fully saturated rings. The van der Waals surface area contributed by atoms with Crippen LogP contribution in [0, 0.1) is 5.82 Å². The van der Waals surface area contributed by atoms with Crippen LogP contribution in [0.15, 0.2) is 110 Å². The number of carbonyl (C=O) groups excluding carboxylic acids is 4. The zero-order valence-electron chi connectivity index (χ0n) is 35.7. The Labute approximate surface area is 385 Å². The van der Waals surface area contributed by atoms with Crippen molar-refractivity contribution < 1.29 is 50.6 Å². The number of amides is 5. The Kier molecular flexibility index (Phi) is 12.6. The molecule has 1 N–H and O–H groups in total. The summed E-state index contributed by atoms with van der Waals surface area (Å²) in [4.78, 5) is 59.7. The van der Waals surface area contributed by atoms with E-state index in [9.17, 15) is 36.7 Å². The summed E-state index contributed by atoms with van der Waals surface area (Å²) >= 11 is 5.32. The van der Waals surface area contributed by atoms with Gasteiger partial charge in [0.15, 0.2) is 0 Å². The van der Waals surface area contributed by atoms with Gasteiger partial charge in [0.2, 0.25) is 0 Å². The van der Waals surface area contributed by atoms with Crippen LogP contribution in [0.3, 0.4) is 0 Å². The van der Waals surface area contributed by atoms with E-state index in [4.69, 9.17) is 21.1 Å². The number of alkyl halides is 4. The lowest BCUT2D eigenvalue weighted by molar-refractivity contribution is -0.171. The minimum Gasteiger partial charge on any atom is -0.365 e. The van der Waals surface area contributed by atoms with Gasteiger partial charge in [-0.3, -0.25) is 24.1 Å². The quantitative estimate of drug-likeness (QED) is 0.0706.